The number of aryl methyl sites for hydroxylation is 1. The van der Waals surface area contributed by atoms with Crippen molar-refractivity contribution in [2.24, 2.45) is 0 Å². The Morgan fingerprint density at radius 2 is 1.74 bits per heavy atom. The van der Waals surface area contributed by atoms with Gasteiger partial charge in [-0.1, -0.05) is 18.2 Å². The van der Waals surface area contributed by atoms with E-state index in [1.165, 1.54) is 5.56 Å². The zero-order chi connectivity index (χ0) is 22.2. The molecule has 166 valence electrons. The molecule has 1 aromatic heterocycles. The van der Waals surface area contributed by atoms with Crippen molar-refractivity contribution in [3.8, 4) is 17.2 Å². The Morgan fingerprint density at radius 3 is 2.45 bits per heavy atom. The van der Waals surface area contributed by atoms with E-state index in [0.29, 0.717) is 31.1 Å². The van der Waals surface area contributed by atoms with Crippen LogP contribution in [0.3, 0.4) is 0 Å². The van der Waals surface area contributed by atoms with E-state index in [4.69, 9.17) is 18.6 Å². The van der Waals surface area contributed by atoms with Crippen LogP contribution in [0, 0.1) is 13.8 Å². The third-order valence-electron chi connectivity index (χ3n) is 5.27. The SMILES string of the molecule is COc1ccc(CN(Cc2ccco2)CC(O)COc2cccc(C)c2C)cc1OC. The third kappa shape index (κ3) is 6.26. The van der Waals surface area contributed by atoms with Crippen LogP contribution in [-0.2, 0) is 13.1 Å². The number of benzene rings is 2. The average Bonchev–Trinajstić information content (AvgIpc) is 3.27. The first kappa shape index (κ1) is 22.7. The zero-order valence-electron chi connectivity index (χ0n) is 18.6. The molecule has 1 N–H and O–H groups in total. The molecule has 0 radical (unpaired) electrons. The van der Waals surface area contributed by atoms with Crippen molar-refractivity contribution in [1.29, 1.82) is 0 Å². The first-order valence-electron chi connectivity index (χ1n) is 10.3. The van der Waals surface area contributed by atoms with Crippen molar-refractivity contribution in [3.63, 3.8) is 0 Å². The second-order valence-electron chi connectivity index (χ2n) is 7.60. The van der Waals surface area contributed by atoms with Crippen molar-refractivity contribution in [2.75, 3.05) is 27.4 Å². The molecular weight excluding hydrogens is 394 g/mol. The lowest BCUT2D eigenvalue weighted by Crippen LogP contribution is -2.35. The van der Waals surface area contributed by atoms with Crippen molar-refractivity contribution >= 4 is 0 Å². The number of hydrogen-bond donors (Lipinski definition) is 1. The predicted molar refractivity (Wildman–Crippen MR) is 120 cm³/mol. The van der Waals surface area contributed by atoms with Gasteiger partial charge in [-0.25, -0.2) is 0 Å². The van der Waals surface area contributed by atoms with E-state index in [1.54, 1.807) is 20.5 Å². The van der Waals surface area contributed by atoms with Gasteiger partial charge in [-0.05, 0) is 60.9 Å². The van der Waals surface area contributed by atoms with E-state index in [2.05, 4.69) is 4.90 Å². The Kier molecular flexibility index (Phi) is 7.98. The normalized spacial score (nSPS) is 12.1. The molecule has 3 aromatic rings. The number of furan rings is 1. The van der Waals surface area contributed by atoms with E-state index in [-0.39, 0.29) is 6.61 Å². The quantitative estimate of drug-likeness (QED) is 0.493. The van der Waals surface area contributed by atoms with Gasteiger partial charge in [0.05, 0.1) is 27.0 Å². The van der Waals surface area contributed by atoms with Crippen LogP contribution in [0.25, 0.3) is 0 Å². The molecule has 0 bridgehead atoms. The topological polar surface area (TPSA) is 64.3 Å². The summed E-state index contributed by atoms with van der Waals surface area (Å²) < 4.78 is 22.2. The number of aliphatic hydroxyl groups is 1. The van der Waals surface area contributed by atoms with Gasteiger partial charge in [-0.3, -0.25) is 4.90 Å². The van der Waals surface area contributed by atoms with E-state index in [0.717, 1.165) is 22.6 Å². The molecule has 0 aliphatic carbocycles. The first-order chi connectivity index (χ1) is 15.0. The Morgan fingerprint density at radius 1 is 0.935 bits per heavy atom. The van der Waals surface area contributed by atoms with Gasteiger partial charge in [0.1, 0.15) is 24.2 Å². The van der Waals surface area contributed by atoms with Crippen molar-refractivity contribution in [1.82, 2.24) is 4.90 Å². The standard InChI is InChI=1S/C25H31NO5/c1-18-7-5-9-23(19(18)2)31-17-21(27)15-26(16-22-8-6-12-30-22)14-20-10-11-24(28-3)25(13-20)29-4/h5-13,21,27H,14-17H2,1-4H3. The minimum atomic E-state index is -0.657. The highest BCUT2D eigenvalue weighted by atomic mass is 16.5. The fourth-order valence-corrected chi connectivity index (χ4v) is 3.46. The molecule has 1 heterocycles. The number of methoxy groups -OCH3 is 2. The molecule has 31 heavy (non-hydrogen) atoms. The van der Waals surface area contributed by atoms with Gasteiger partial charge in [0.2, 0.25) is 0 Å². The summed E-state index contributed by atoms with van der Waals surface area (Å²) in [4.78, 5) is 2.12. The van der Waals surface area contributed by atoms with Crippen LogP contribution < -0.4 is 14.2 Å². The summed E-state index contributed by atoms with van der Waals surface area (Å²) in [5, 5.41) is 10.7. The number of ether oxygens (including phenoxy) is 3. The highest BCUT2D eigenvalue weighted by Crippen LogP contribution is 2.28. The lowest BCUT2D eigenvalue weighted by Gasteiger charge is -2.25. The van der Waals surface area contributed by atoms with E-state index in [1.807, 2.05) is 62.4 Å². The summed E-state index contributed by atoms with van der Waals surface area (Å²) in [5.41, 5.74) is 3.30. The van der Waals surface area contributed by atoms with Gasteiger partial charge < -0.3 is 23.7 Å². The van der Waals surface area contributed by atoms with Gasteiger partial charge in [-0.2, -0.15) is 0 Å². The largest absolute Gasteiger partial charge is 0.493 e. The van der Waals surface area contributed by atoms with Crippen LogP contribution in [0.4, 0.5) is 0 Å². The van der Waals surface area contributed by atoms with Gasteiger partial charge in [0, 0.05) is 13.1 Å². The molecular formula is C25H31NO5. The van der Waals surface area contributed by atoms with Crippen molar-refractivity contribution in [3.05, 3.63) is 77.2 Å². The number of aliphatic hydroxyl groups excluding tert-OH is 1. The fraction of sp³-hybridized carbons (Fsp3) is 0.360. The lowest BCUT2D eigenvalue weighted by molar-refractivity contribution is 0.0602. The lowest BCUT2D eigenvalue weighted by atomic mass is 10.1. The second kappa shape index (κ2) is 10.9. The summed E-state index contributed by atoms with van der Waals surface area (Å²) in [6.45, 7) is 5.90. The van der Waals surface area contributed by atoms with Crippen LogP contribution >= 0.6 is 0 Å². The number of nitrogens with zero attached hydrogens (tertiary/aromatic N) is 1. The highest BCUT2D eigenvalue weighted by molar-refractivity contribution is 5.43. The average molecular weight is 426 g/mol. The Balaban J connectivity index is 1.67. The van der Waals surface area contributed by atoms with Gasteiger partial charge >= 0.3 is 0 Å². The molecule has 1 unspecified atom stereocenters. The third-order valence-corrected chi connectivity index (χ3v) is 5.27. The van der Waals surface area contributed by atoms with Crippen molar-refractivity contribution in [2.45, 2.75) is 33.0 Å². The fourth-order valence-electron chi connectivity index (χ4n) is 3.46. The monoisotopic (exact) mass is 425 g/mol. The summed E-state index contributed by atoms with van der Waals surface area (Å²) in [5.74, 6) is 3.00. The van der Waals surface area contributed by atoms with E-state index >= 15 is 0 Å². The minimum Gasteiger partial charge on any atom is -0.493 e. The Hall–Kier alpha value is -2.96. The molecule has 0 amide bonds. The molecule has 6 nitrogen and oxygen atoms in total. The van der Waals surface area contributed by atoms with Gasteiger partial charge in [-0.15, -0.1) is 0 Å². The maximum absolute atomic E-state index is 10.7. The van der Waals surface area contributed by atoms with Crippen LogP contribution in [0.1, 0.15) is 22.5 Å². The molecule has 0 aliphatic rings. The first-order valence-corrected chi connectivity index (χ1v) is 10.3. The van der Waals surface area contributed by atoms with Crippen LogP contribution in [0.5, 0.6) is 17.2 Å². The highest BCUT2D eigenvalue weighted by Gasteiger charge is 2.17. The molecule has 1 atom stereocenters. The van der Waals surface area contributed by atoms with Gasteiger partial charge in [0.25, 0.3) is 0 Å². The van der Waals surface area contributed by atoms with Crippen LogP contribution in [0.15, 0.2) is 59.2 Å². The van der Waals surface area contributed by atoms with Crippen LogP contribution in [0.2, 0.25) is 0 Å². The van der Waals surface area contributed by atoms with Crippen LogP contribution in [-0.4, -0.2) is 43.5 Å². The molecule has 0 spiro atoms. The maximum Gasteiger partial charge on any atom is 0.161 e. The summed E-state index contributed by atoms with van der Waals surface area (Å²) >= 11 is 0. The number of hydrogen-bond acceptors (Lipinski definition) is 6. The van der Waals surface area contributed by atoms with E-state index < -0.39 is 6.10 Å². The summed E-state index contributed by atoms with van der Waals surface area (Å²) in [6.07, 6.45) is 0.999. The zero-order valence-corrected chi connectivity index (χ0v) is 18.6. The maximum atomic E-state index is 10.7. The molecule has 6 heteroatoms. The second-order valence-corrected chi connectivity index (χ2v) is 7.60. The van der Waals surface area contributed by atoms with E-state index in [9.17, 15) is 5.11 Å². The Labute approximate surface area is 184 Å². The van der Waals surface area contributed by atoms with Crippen molar-refractivity contribution < 1.29 is 23.7 Å². The minimum absolute atomic E-state index is 0.213. The predicted octanol–water partition coefficient (Wildman–Crippen LogP) is 4.36. The molecule has 0 saturated carbocycles. The molecule has 0 aliphatic heterocycles. The summed E-state index contributed by atoms with van der Waals surface area (Å²) in [6, 6.07) is 15.6. The molecule has 0 saturated heterocycles. The molecule has 3 rings (SSSR count). The smallest absolute Gasteiger partial charge is 0.161 e. The molecule has 2 aromatic carbocycles. The molecule has 0 fully saturated rings. The summed E-state index contributed by atoms with van der Waals surface area (Å²) in [7, 11) is 3.24. The number of rotatable bonds is 11. The Bertz CT molecular complexity index is 955. The van der Waals surface area contributed by atoms with Gasteiger partial charge in [0.15, 0.2) is 11.5 Å².